The molecule has 1 saturated heterocycles. The summed E-state index contributed by atoms with van der Waals surface area (Å²) in [6.07, 6.45) is 6.67. The van der Waals surface area contributed by atoms with E-state index < -0.39 is 5.60 Å². The Morgan fingerprint density at radius 2 is 1.93 bits per heavy atom. The van der Waals surface area contributed by atoms with E-state index in [-0.39, 0.29) is 41.1 Å². The lowest BCUT2D eigenvalue weighted by molar-refractivity contribution is -0.133. The highest BCUT2D eigenvalue weighted by atomic mass is 16.5. The average molecular weight is 569 g/mol. The largest absolute Gasteiger partial charge is 0.476 e. The van der Waals surface area contributed by atoms with Crippen molar-refractivity contribution >= 4 is 29.1 Å². The molecule has 9 heteroatoms. The Bertz CT molecular complexity index is 1140. The summed E-state index contributed by atoms with van der Waals surface area (Å²) in [5, 5.41) is 6.73. The standard InChI is InChI=1S/C32H48N4O5/c1-6-40-16-15-35-26-18-25(9-10-27(26)41-31(4,5)30(35)39)36(24-7-8-24)29(38)23-17-22(19-33-20-23)28(37)34-32(13-14-32)12-11-21(2)3/h9-10,18,21-24,33H,6-8,11-17,19-20H2,1-5H3,(H,34,37)/t22-,23+/m0/s1. The van der Waals surface area contributed by atoms with Gasteiger partial charge < -0.3 is 29.9 Å². The lowest BCUT2D eigenvalue weighted by Gasteiger charge is -2.39. The summed E-state index contributed by atoms with van der Waals surface area (Å²) < 4.78 is 11.6. The lowest BCUT2D eigenvalue weighted by atomic mass is 9.88. The van der Waals surface area contributed by atoms with Crippen molar-refractivity contribution in [2.75, 3.05) is 42.6 Å². The molecule has 0 aromatic heterocycles. The van der Waals surface area contributed by atoms with Crippen molar-refractivity contribution in [3.63, 3.8) is 0 Å². The van der Waals surface area contributed by atoms with Gasteiger partial charge in [-0.3, -0.25) is 14.4 Å². The van der Waals surface area contributed by atoms with Crippen LogP contribution >= 0.6 is 0 Å². The van der Waals surface area contributed by atoms with Crippen molar-refractivity contribution in [1.29, 1.82) is 0 Å². The first kappa shape index (κ1) is 29.8. The molecule has 0 radical (unpaired) electrons. The number of piperidine rings is 1. The Morgan fingerprint density at radius 1 is 1.20 bits per heavy atom. The monoisotopic (exact) mass is 568 g/mol. The molecule has 9 nitrogen and oxygen atoms in total. The average Bonchev–Trinajstić information content (AvgIpc) is 3.88. The van der Waals surface area contributed by atoms with Gasteiger partial charge in [0, 0.05) is 43.5 Å². The molecule has 3 fully saturated rings. The zero-order chi connectivity index (χ0) is 29.4. The molecule has 4 aliphatic rings. The van der Waals surface area contributed by atoms with Crippen LogP contribution in [-0.4, -0.2) is 67.8 Å². The number of nitrogens with one attached hydrogen (secondary N) is 2. The number of carbonyl (C=O) groups excluding carboxylic acids is 3. The van der Waals surface area contributed by atoms with E-state index in [9.17, 15) is 14.4 Å². The molecule has 2 saturated carbocycles. The Morgan fingerprint density at radius 3 is 2.59 bits per heavy atom. The van der Waals surface area contributed by atoms with Gasteiger partial charge in [0.25, 0.3) is 5.91 Å². The Balaban J connectivity index is 1.31. The van der Waals surface area contributed by atoms with Crippen LogP contribution in [0.1, 0.15) is 79.6 Å². The van der Waals surface area contributed by atoms with Gasteiger partial charge in [0.15, 0.2) is 5.60 Å². The number of carbonyl (C=O) groups is 3. The number of nitrogens with zero attached hydrogens (tertiary/aromatic N) is 2. The third kappa shape index (κ3) is 6.72. The van der Waals surface area contributed by atoms with Crippen molar-refractivity contribution < 1.29 is 23.9 Å². The fraction of sp³-hybridized carbons (Fsp3) is 0.719. The predicted molar refractivity (Wildman–Crippen MR) is 159 cm³/mol. The first-order valence-electron chi connectivity index (χ1n) is 15.6. The van der Waals surface area contributed by atoms with Crippen LogP contribution in [0, 0.1) is 17.8 Å². The normalized spacial score (nSPS) is 24.4. The van der Waals surface area contributed by atoms with Crippen molar-refractivity contribution in [2.24, 2.45) is 17.8 Å². The summed E-state index contributed by atoms with van der Waals surface area (Å²) in [7, 11) is 0. The smallest absolute Gasteiger partial charge is 0.270 e. The van der Waals surface area contributed by atoms with E-state index >= 15 is 0 Å². The van der Waals surface area contributed by atoms with Crippen LogP contribution in [-0.2, 0) is 19.1 Å². The first-order chi connectivity index (χ1) is 19.5. The molecule has 226 valence electrons. The summed E-state index contributed by atoms with van der Waals surface area (Å²) in [6.45, 7) is 12.5. The van der Waals surface area contributed by atoms with Crippen molar-refractivity contribution in [2.45, 2.75) is 96.7 Å². The number of hydrogen-bond acceptors (Lipinski definition) is 6. The Labute approximate surface area is 244 Å². The van der Waals surface area contributed by atoms with E-state index in [1.165, 1.54) is 0 Å². The second kappa shape index (κ2) is 11.9. The highest BCUT2D eigenvalue weighted by Crippen LogP contribution is 2.43. The number of hydrogen-bond donors (Lipinski definition) is 2. The van der Waals surface area contributed by atoms with E-state index in [1.54, 1.807) is 18.7 Å². The van der Waals surface area contributed by atoms with Gasteiger partial charge in [-0.25, -0.2) is 0 Å². The maximum atomic E-state index is 14.1. The summed E-state index contributed by atoms with van der Waals surface area (Å²) in [5.74, 6) is 0.731. The molecule has 2 heterocycles. The van der Waals surface area contributed by atoms with Crippen LogP contribution in [0.3, 0.4) is 0 Å². The molecule has 3 amide bonds. The highest BCUT2D eigenvalue weighted by molar-refractivity contribution is 6.04. The van der Waals surface area contributed by atoms with Crippen LogP contribution in [0.15, 0.2) is 18.2 Å². The lowest BCUT2D eigenvalue weighted by Crippen LogP contribution is -2.53. The number of ether oxygens (including phenoxy) is 2. The second-order valence-corrected chi connectivity index (χ2v) is 13.3. The topological polar surface area (TPSA) is 100 Å². The maximum Gasteiger partial charge on any atom is 0.270 e. The van der Waals surface area contributed by atoms with E-state index in [1.807, 2.05) is 30.0 Å². The predicted octanol–water partition coefficient (Wildman–Crippen LogP) is 4.03. The minimum atomic E-state index is -0.982. The van der Waals surface area contributed by atoms with Crippen molar-refractivity contribution in [3.8, 4) is 5.75 Å². The molecule has 2 aliphatic heterocycles. The Kier molecular flexibility index (Phi) is 8.67. The van der Waals surface area contributed by atoms with Gasteiger partial charge in [-0.15, -0.1) is 0 Å². The highest BCUT2D eigenvalue weighted by Gasteiger charge is 2.46. The molecule has 2 atom stereocenters. The molecule has 2 N–H and O–H groups in total. The molecule has 1 aromatic rings. The van der Waals surface area contributed by atoms with Gasteiger partial charge in [-0.2, -0.15) is 0 Å². The molecule has 0 unspecified atom stereocenters. The fourth-order valence-electron chi connectivity index (χ4n) is 6.12. The summed E-state index contributed by atoms with van der Waals surface area (Å²) >= 11 is 0. The van der Waals surface area contributed by atoms with E-state index in [0.717, 1.165) is 44.2 Å². The summed E-state index contributed by atoms with van der Waals surface area (Å²) in [4.78, 5) is 44.3. The fourth-order valence-corrected chi connectivity index (χ4v) is 6.12. The molecule has 0 bridgehead atoms. The third-order valence-electron chi connectivity index (χ3n) is 8.96. The quantitative estimate of drug-likeness (QED) is 0.370. The SMILES string of the molecule is CCOCCN1C(=O)C(C)(C)Oc2ccc(N(C(=O)[C@H]3CNC[C@@H](C(=O)NC4(CCC(C)C)CC4)C3)C3CC3)cc21. The molecule has 5 rings (SSSR count). The molecule has 2 aliphatic carbocycles. The van der Waals surface area contributed by atoms with Crippen LogP contribution < -0.4 is 25.2 Å². The van der Waals surface area contributed by atoms with E-state index in [0.29, 0.717) is 56.6 Å². The zero-order valence-corrected chi connectivity index (χ0v) is 25.5. The summed E-state index contributed by atoms with van der Waals surface area (Å²) in [6, 6.07) is 5.84. The van der Waals surface area contributed by atoms with Gasteiger partial charge in [-0.1, -0.05) is 13.8 Å². The summed E-state index contributed by atoms with van der Waals surface area (Å²) in [5.41, 5.74) is 0.416. The number of rotatable bonds is 12. The van der Waals surface area contributed by atoms with Crippen molar-refractivity contribution in [1.82, 2.24) is 10.6 Å². The Hall–Kier alpha value is -2.65. The number of fused-ring (bicyclic) bond motifs is 1. The number of anilines is 2. The minimum absolute atomic E-state index is 0.0381. The van der Waals surface area contributed by atoms with E-state index in [2.05, 4.69) is 24.5 Å². The molecule has 41 heavy (non-hydrogen) atoms. The van der Waals surface area contributed by atoms with Crippen LogP contribution in [0.25, 0.3) is 0 Å². The molecule has 1 aromatic carbocycles. The van der Waals surface area contributed by atoms with Crippen LogP contribution in [0.2, 0.25) is 0 Å². The first-order valence-corrected chi connectivity index (χ1v) is 15.6. The number of amides is 3. The third-order valence-corrected chi connectivity index (χ3v) is 8.96. The molecular weight excluding hydrogens is 520 g/mol. The second-order valence-electron chi connectivity index (χ2n) is 13.3. The molecule has 0 spiro atoms. The minimum Gasteiger partial charge on any atom is -0.476 e. The number of benzene rings is 1. The van der Waals surface area contributed by atoms with Gasteiger partial charge in [0.1, 0.15) is 5.75 Å². The van der Waals surface area contributed by atoms with E-state index in [4.69, 9.17) is 9.47 Å². The van der Waals surface area contributed by atoms with Crippen LogP contribution in [0.5, 0.6) is 5.75 Å². The van der Waals surface area contributed by atoms with Crippen molar-refractivity contribution in [3.05, 3.63) is 18.2 Å². The van der Waals surface area contributed by atoms with Crippen LogP contribution in [0.4, 0.5) is 11.4 Å². The molecular formula is C32H48N4O5. The van der Waals surface area contributed by atoms with Gasteiger partial charge in [-0.05, 0) is 89.8 Å². The van der Waals surface area contributed by atoms with Gasteiger partial charge in [0.05, 0.1) is 24.1 Å². The van der Waals surface area contributed by atoms with Gasteiger partial charge >= 0.3 is 0 Å². The zero-order valence-electron chi connectivity index (χ0n) is 25.5. The maximum absolute atomic E-state index is 14.1. The van der Waals surface area contributed by atoms with Gasteiger partial charge in [0.2, 0.25) is 11.8 Å².